The first-order valence-electron chi connectivity index (χ1n) is 11.8. The largest absolute Gasteiger partial charge is 0.419 e. The van der Waals surface area contributed by atoms with Crippen molar-refractivity contribution < 1.29 is 17.6 Å². The fraction of sp³-hybridized carbons (Fsp3) is 0.286. The van der Waals surface area contributed by atoms with E-state index >= 15 is 0 Å². The number of nitrogens with one attached hydrogen (secondary N) is 2. The molecule has 2 aliphatic rings. The van der Waals surface area contributed by atoms with E-state index in [2.05, 4.69) is 20.1 Å². The van der Waals surface area contributed by atoms with Gasteiger partial charge in [-0.3, -0.25) is 0 Å². The number of H-pyrrole nitrogens is 1. The van der Waals surface area contributed by atoms with Crippen molar-refractivity contribution in [3.05, 3.63) is 94.8 Å². The second-order valence-electron chi connectivity index (χ2n) is 9.78. The molecule has 1 saturated heterocycles. The van der Waals surface area contributed by atoms with Gasteiger partial charge in [-0.2, -0.15) is 13.2 Å². The Balaban J connectivity index is 1.45. The number of hydrogen-bond donors (Lipinski definition) is 2. The normalized spacial score (nSPS) is 21.0. The number of aromatic nitrogens is 2. The van der Waals surface area contributed by atoms with E-state index in [1.807, 2.05) is 42.5 Å². The minimum absolute atomic E-state index is 0.0664. The number of alkyl halides is 3. The van der Waals surface area contributed by atoms with Crippen LogP contribution in [-0.2, 0) is 11.6 Å². The van der Waals surface area contributed by atoms with Gasteiger partial charge in [0.15, 0.2) is 5.69 Å². The lowest BCUT2D eigenvalue weighted by Gasteiger charge is -2.29. The van der Waals surface area contributed by atoms with Crippen molar-refractivity contribution in [2.45, 2.75) is 30.9 Å². The summed E-state index contributed by atoms with van der Waals surface area (Å²) in [5.74, 6) is -0.735. The van der Waals surface area contributed by atoms with Gasteiger partial charge in [-0.25, -0.2) is 14.2 Å². The van der Waals surface area contributed by atoms with Gasteiger partial charge in [0.25, 0.3) is 0 Å². The summed E-state index contributed by atoms with van der Waals surface area (Å²) >= 11 is 0. The van der Waals surface area contributed by atoms with Gasteiger partial charge in [0.1, 0.15) is 11.6 Å². The molecule has 4 aromatic rings. The fourth-order valence-electron chi connectivity index (χ4n) is 6.01. The second-order valence-corrected chi connectivity index (χ2v) is 9.78. The number of benzene rings is 3. The Morgan fingerprint density at radius 3 is 2.39 bits per heavy atom. The zero-order valence-corrected chi connectivity index (χ0v) is 19.2. The van der Waals surface area contributed by atoms with Gasteiger partial charge in [-0.15, -0.1) is 0 Å². The topological polar surface area (TPSA) is 45.1 Å². The predicted octanol–water partition coefficient (Wildman–Crippen LogP) is 7.00. The van der Waals surface area contributed by atoms with Crippen molar-refractivity contribution in [1.29, 1.82) is 0 Å². The molecule has 1 aliphatic heterocycles. The van der Waals surface area contributed by atoms with Crippen LogP contribution in [0.5, 0.6) is 0 Å². The summed E-state index contributed by atoms with van der Waals surface area (Å²) in [6, 6.07) is 17.2. The Kier molecular flexibility index (Phi) is 4.99. The van der Waals surface area contributed by atoms with Gasteiger partial charge < -0.3 is 10.3 Å². The van der Waals surface area contributed by atoms with E-state index in [9.17, 15) is 17.6 Å². The van der Waals surface area contributed by atoms with Crippen LogP contribution < -0.4 is 5.32 Å². The smallest absolute Gasteiger partial charge is 0.341 e. The van der Waals surface area contributed by atoms with Crippen LogP contribution in [0, 0.1) is 17.8 Å². The first kappa shape index (κ1) is 22.7. The minimum atomic E-state index is -4.78. The maximum atomic E-state index is 14.3. The summed E-state index contributed by atoms with van der Waals surface area (Å²) in [5, 5.41) is 3.39. The molecule has 2 heterocycles. The molecule has 4 nitrogen and oxygen atoms in total. The summed E-state index contributed by atoms with van der Waals surface area (Å²) in [6.07, 6.45) is -2.12. The van der Waals surface area contributed by atoms with Gasteiger partial charge >= 0.3 is 6.18 Å². The molecule has 1 aromatic heterocycles. The molecule has 1 atom stereocenters. The van der Waals surface area contributed by atoms with E-state index < -0.39 is 23.0 Å². The van der Waals surface area contributed by atoms with Crippen molar-refractivity contribution in [2.24, 2.45) is 5.41 Å². The van der Waals surface area contributed by atoms with Crippen molar-refractivity contribution in [1.82, 2.24) is 15.3 Å². The van der Waals surface area contributed by atoms with Crippen molar-refractivity contribution >= 4 is 16.7 Å². The molecular weight excluding hydrogens is 468 g/mol. The van der Waals surface area contributed by atoms with Gasteiger partial charge in [-0.05, 0) is 66.6 Å². The molecule has 0 bridgehead atoms. The average molecular weight is 491 g/mol. The Morgan fingerprint density at radius 1 is 0.944 bits per heavy atom. The van der Waals surface area contributed by atoms with Crippen LogP contribution >= 0.6 is 0 Å². The zero-order chi connectivity index (χ0) is 25.1. The van der Waals surface area contributed by atoms with Crippen molar-refractivity contribution in [3.63, 3.8) is 0 Å². The maximum Gasteiger partial charge on any atom is 0.419 e. The predicted molar refractivity (Wildman–Crippen MR) is 129 cm³/mol. The lowest BCUT2D eigenvalue weighted by atomic mass is 9.79. The third-order valence-electron chi connectivity index (χ3n) is 7.91. The van der Waals surface area contributed by atoms with Crippen LogP contribution in [0.4, 0.5) is 23.2 Å². The number of nitrogens with zero attached hydrogens (tertiary/aromatic N) is 2. The first-order valence-corrected chi connectivity index (χ1v) is 11.8. The van der Waals surface area contributed by atoms with Crippen LogP contribution in [0.3, 0.4) is 0 Å². The number of aromatic amines is 1. The van der Waals surface area contributed by atoms with E-state index in [0.717, 1.165) is 61.2 Å². The minimum Gasteiger partial charge on any atom is -0.341 e. The highest BCUT2D eigenvalue weighted by Gasteiger charge is 2.69. The second kappa shape index (κ2) is 7.90. The maximum absolute atomic E-state index is 14.3. The molecule has 1 spiro atoms. The Hall–Kier alpha value is -3.70. The van der Waals surface area contributed by atoms with Crippen LogP contribution in [-0.4, -0.2) is 23.1 Å². The Bertz CT molecular complexity index is 1510. The quantitative estimate of drug-likeness (QED) is 0.240. The Labute approximate surface area is 205 Å². The summed E-state index contributed by atoms with van der Waals surface area (Å²) in [5.41, 5.74) is 2.04. The molecule has 1 unspecified atom stereocenters. The third kappa shape index (κ3) is 3.41. The Morgan fingerprint density at radius 2 is 1.69 bits per heavy atom. The molecule has 1 saturated carbocycles. The van der Waals surface area contributed by atoms with Crippen LogP contribution in [0.25, 0.3) is 27.0 Å². The number of hydrogen-bond acceptors (Lipinski definition) is 2. The molecular formula is C28H22F4N4. The summed E-state index contributed by atoms with van der Waals surface area (Å²) < 4.78 is 54.2. The average Bonchev–Trinajstić information content (AvgIpc) is 3.31. The summed E-state index contributed by atoms with van der Waals surface area (Å²) in [4.78, 5) is 11.3. The molecule has 6 rings (SSSR count). The van der Waals surface area contributed by atoms with E-state index in [4.69, 9.17) is 6.57 Å². The highest BCUT2D eigenvalue weighted by atomic mass is 19.4. The standard InChI is InChI=1S/C28H22F4N4/c1-33-20-4-2-3-18(13-20)17-5-7-19(8-6-17)27(16-26(27)9-11-34-12-10-26)25-35-23-14-21(28(30,31)32)22(29)15-24(23)36-25/h2-8,13-15,34H,9-12,16H2,(H,35,36). The molecule has 3 aromatic carbocycles. The SMILES string of the molecule is [C-]#[N+]c1cccc(-c2ccc(C3(c4nc5cc(F)c(C(F)(F)F)cc5[nH]4)CC34CCNCC4)cc2)c1. The lowest BCUT2D eigenvalue weighted by molar-refractivity contribution is -0.139. The number of fused-ring (bicyclic) bond motifs is 1. The van der Waals surface area contributed by atoms with Gasteiger partial charge in [0.05, 0.1) is 28.6 Å². The number of halogens is 4. The van der Waals surface area contributed by atoms with E-state index in [1.165, 1.54) is 0 Å². The van der Waals surface area contributed by atoms with Gasteiger partial charge in [-0.1, -0.05) is 42.5 Å². The summed E-state index contributed by atoms with van der Waals surface area (Å²) in [6.45, 7) is 8.98. The number of imidazole rings is 1. The first-order chi connectivity index (χ1) is 17.3. The molecule has 0 amide bonds. The number of piperidine rings is 1. The monoisotopic (exact) mass is 490 g/mol. The molecule has 2 fully saturated rings. The van der Waals surface area contributed by atoms with E-state index in [-0.39, 0.29) is 16.4 Å². The van der Waals surface area contributed by atoms with Crippen LogP contribution in [0.1, 0.15) is 36.2 Å². The van der Waals surface area contributed by atoms with Crippen molar-refractivity contribution in [3.8, 4) is 11.1 Å². The molecule has 36 heavy (non-hydrogen) atoms. The fourth-order valence-corrected chi connectivity index (χ4v) is 6.01. The van der Waals surface area contributed by atoms with Crippen LogP contribution in [0.2, 0.25) is 0 Å². The highest BCUT2D eigenvalue weighted by Crippen LogP contribution is 2.71. The summed E-state index contributed by atoms with van der Waals surface area (Å²) in [7, 11) is 0. The van der Waals surface area contributed by atoms with Crippen molar-refractivity contribution in [2.75, 3.05) is 13.1 Å². The molecule has 8 heteroatoms. The number of rotatable bonds is 3. The van der Waals surface area contributed by atoms with Gasteiger partial charge in [0, 0.05) is 6.07 Å². The molecule has 1 aliphatic carbocycles. The highest BCUT2D eigenvalue weighted by molar-refractivity contribution is 5.77. The zero-order valence-electron chi connectivity index (χ0n) is 19.2. The molecule has 182 valence electrons. The molecule has 0 radical (unpaired) electrons. The third-order valence-corrected chi connectivity index (χ3v) is 7.91. The van der Waals surface area contributed by atoms with E-state index in [1.54, 1.807) is 6.07 Å². The van der Waals surface area contributed by atoms with E-state index in [0.29, 0.717) is 11.5 Å². The lowest BCUT2D eigenvalue weighted by Crippen LogP contribution is -2.34. The van der Waals surface area contributed by atoms with Gasteiger partial charge in [0.2, 0.25) is 0 Å². The molecule has 2 N–H and O–H groups in total. The van der Waals surface area contributed by atoms with Crippen LogP contribution in [0.15, 0.2) is 60.7 Å².